The van der Waals surface area contributed by atoms with Crippen LogP contribution in [-0.4, -0.2) is 18.1 Å². The molecular weight excluding hydrogens is 288 g/mol. The first kappa shape index (κ1) is 15.7. The standard InChI is InChI=1S/C15H20N2O3S/c1-8(12-6-7-13(20-12)15(18)19-5)16-9(2)14-10(3)17-11(4)21-14/h6-9,16H,1-5H3. The number of carbonyl (C=O) groups is 1. The van der Waals surface area contributed by atoms with Gasteiger partial charge in [0.1, 0.15) is 5.76 Å². The molecule has 0 spiro atoms. The largest absolute Gasteiger partial charge is 0.463 e. The molecule has 0 aliphatic carbocycles. The Morgan fingerprint density at radius 1 is 1.33 bits per heavy atom. The van der Waals surface area contributed by atoms with Crippen LogP contribution in [0, 0.1) is 13.8 Å². The molecule has 2 atom stereocenters. The number of esters is 1. The summed E-state index contributed by atoms with van der Waals surface area (Å²) in [5.74, 6) is 0.468. The van der Waals surface area contributed by atoms with Crippen LogP contribution in [0.25, 0.3) is 0 Å². The van der Waals surface area contributed by atoms with Crippen LogP contribution < -0.4 is 5.32 Å². The lowest BCUT2D eigenvalue weighted by Gasteiger charge is -2.17. The van der Waals surface area contributed by atoms with Crippen LogP contribution in [0.1, 0.15) is 57.8 Å². The summed E-state index contributed by atoms with van der Waals surface area (Å²) < 4.78 is 10.2. The number of hydrogen-bond donors (Lipinski definition) is 1. The molecule has 0 fully saturated rings. The highest BCUT2D eigenvalue weighted by atomic mass is 32.1. The van der Waals surface area contributed by atoms with Gasteiger partial charge in [-0.15, -0.1) is 11.3 Å². The minimum Gasteiger partial charge on any atom is -0.463 e. The van der Waals surface area contributed by atoms with Crippen LogP contribution in [0.4, 0.5) is 0 Å². The van der Waals surface area contributed by atoms with Gasteiger partial charge in [0.2, 0.25) is 5.76 Å². The van der Waals surface area contributed by atoms with Gasteiger partial charge in [-0.05, 0) is 39.8 Å². The van der Waals surface area contributed by atoms with Gasteiger partial charge in [0.05, 0.1) is 23.9 Å². The molecule has 2 aromatic rings. The van der Waals surface area contributed by atoms with Crippen molar-refractivity contribution < 1.29 is 13.9 Å². The van der Waals surface area contributed by atoms with Crippen LogP contribution in [0.3, 0.4) is 0 Å². The van der Waals surface area contributed by atoms with Crippen LogP contribution in [0.5, 0.6) is 0 Å². The number of rotatable bonds is 5. The Bertz CT molecular complexity index is 633. The van der Waals surface area contributed by atoms with Crippen molar-refractivity contribution in [1.82, 2.24) is 10.3 Å². The lowest BCUT2D eigenvalue weighted by molar-refractivity contribution is 0.0562. The van der Waals surface area contributed by atoms with E-state index in [1.54, 1.807) is 23.5 Å². The van der Waals surface area contributed by atoms with E-state index >= 15 is 0 Å². The van der Waals surface area contributed by atoms with E-state index in [4.69, 9.17) is 4.42 Å². The van der Waals surface area contributed by atoms with E-state index in [1.165, 1.54) is 12.0 Å². The molecule has 5 nitrogen and oxygen atoms in total. The first-order valence-corrected chi connectivity index (χ1v) is 7.62. The zero-order valence-corrected chi connectivity index (χ0v) is 13.7. The van der Waals surface area contributed by atoms with Crippen molar-refractivity contribution in [1.29, 1.82) is 0 Å². The second-order valence-electron chi connectivity index (χ2n) is 4.99. The number of furan rings is 1. The predicted molar refractivity (Wildman–Crippen MR) is 81.6 cm³/mol. The fourth-order valence-electron chi connectivity index (χ4n) is 2.28. The minimum atomic E-state index is -0.463. The number of ether oxygens (including phenoxy) is 1. The summed E-state index contributed by atoms with van der Waals surface area (Å²) in [5, 5.41) is 4.53. The van der Waals surface area contributed by atoms with Gasteiger partial charge in [-0.25, -0.2) is 9.78 Å². The maximum atomic E-state index is 11.4. The average molecular weight is 308 g/mol. The zero-order chi connectivity index (χ0) is 15.6. The zero-order valence-electron chi connectivity index (χ0n) is 12.9. The summed E-state index contributed by atoms with van der Waals surface area (Å²) in [6.07, 6.45) is 0. The van der Waals surface area contributed by atoms with Gasteiger partial charge in [0.25, 0.3) is 0 Å². The number of methoxy groups -OCH3 is 1. The Hall–Kier alpha value is -1.66. The van der Waals surface area contributed by atoms with E-state index in [0.717, 1.165) is 10.7 Å². The van der Waals surface area contributed by atoms with E-state index in [-0.39, 0.29) is 17.8 Å². The Labute approximate surface area is 128 Å². The molecule has 0 amide bonds. The number of aryl methyl sites for hydroxylation is 2. The maximum Gasteiger partial charge on any atom is 0.373 e. The highest BCUT2D eigenvalue weighted by molar-refractivity contribution is 7.11. The Balaban J connectivity index is 2.07. The number of carbonyl (C=O) groups excluding carboxylic acids is 1. The average Bonchev–Trinajstić information content (AvgIpc) is 3.04. The highest BCUT2D eigenvalue weighted by Gasteiger charge is 2.19. The van der Waals surface area contributed by atoms with Gasteiger partial charge in [-0.2, -0.15) is 0 Å². The van der Waals surface area contributed by atoms with Crippen molar-refractivity contribution in [2.45, 2.75) is 39.8 Å². The van der Waals surface area contributed by atoms with Crippen molar-refractivity contribution in [3.05, 3.63) is 39.2 Å². The van der Waals surface area contributed by atoms with Crippen LogP contribution in [0.15, 0.2) is 16.5 Å². The normalized spacial score (nSPS) is 14.0. The fraction of sp³-hybridized carbons (Fsp3) is 0.467. The SMILES string of the molecule is COC(=O)c1ccc(C(C)NC(C)c2sc(C)nc2C)o1. The molecule has 2 unspecified atom stereocenters. The van der Waals surface area contributed by atoms with E-state index in [1.807, 2.05) is 20.8 Å². The van der Waals surface area contributed by atoms with Gasteiger partial charge in [0.15, 0.2) is 0 Å². The highest BCUT2D eigenvalue weighted by Crippen LogP contribution is 2.27. The number of nitrogens with one attached hydrogen (secondary N) is 1. The molecular formula is C15H20N2O3S. The summed E-state index contributed by atoms with van der Waals surface area (Å²) in [5.41, 5.74) is 1.05. The maximum absolute atomic E-state index is 11.4. The van der Waals surface area contributed by atoms with Gasteiger partial charge >= 0.3 is 5.97 Å². The van der Waals surface area contributed by atoms with Crippen LogP contribution in [0.2, 0.25) is 0 Å². The summed E-state index contributed by atoms with van der Waals surface area (Å²) in [7, 11) is 1.34. The fourth-order valence-corrected chi connectivity index (χ4v) is 3.22. The first-order chi connectivity index (χ1) is 9.92. The number of aromatic nitrogens is 1. The molecule has 2 aromatic heterocycles. The second-order valence-corrected chi connectivity index (χ2v) is 6.22. The number of nitrogens with zero attached hydrogens (tertiary/aromatic N) is 1. The van der Waals surface area contributed by atoms with E-state index < -0.39 is 5.97 Å². The van der Waals surface area contributed by atoms with Crippen molar-refractivity contribution in [2.75, 3.05) is 7.11 Å². The smallest absolute Gasteiger partial charge is 0.373 e. The van der Waals surface area contributed by atoms with E-state index in [0.29, 0.717) is 5.76 Å². The van der Waals surface area contributed by atoms with Crippen molar-refractivity contribution in [2.24, 2.45) is 0 Å². The quantitative estimate of drug-likeness (QED) is 0.856. The van der Waals surface area contributed by atoms with Gasteiger partial charge in [0, 0.05) is 10.9 Å². The third-order valence-corrected chi connectivity index (χ3v) is 4.53. The lowest BCUT2D eigenvalue weighted by Crippen LogP contribution is -2.22. The third-order valence-electron chi connectivity index (χ3n) is 3.27. The Morgan fingerprint density at radius 2 is 2.05 bits per heavy atom. The first-order valence-electron chi connectivity index (χ1n) is 6.80. The molecule has 21 heavy (non-hydrogen) atoms. The van der Waals surface area contributed by atoms with Gasteiger partial charge in [-0.1, -0.05) is 0 Å². The summed E-state index contributed by atoms with van der Waals surface area (Å²) >= 11 is 1.70. The Kier molecular flexibility index (Phi) is 4.80. The van der Waals surface area contributed by atoms with Crippen molar-refractivity contribution in [3.8, 4) is 0 Å². The van der Waals surface area contributed by atoms with Gasteiger partial charge in [-0.3, -0.25) is 0 Å². The molecule has 0 aliphatic rings. The Morgan fingerprint density at radius 3 is 2.62 bits per heavy atom. The van der Waals surface area contributed by atoms with Crippen molar-refractivity contribution in [3.63, 3.8) is 0 Å². The minimum absolute atomic E-state index is 0.0137. The monoisotopic (exact) mass is 308 g/mol. The van der Waals surface area contributed by atoms with Crippen LogP contribution >= 0.6 is 11.3 Å². The van der Waals surface area contributed by atoms with Crippen molar-refractivity contribution >= 4 is 17.3 Å². The topological polar surface area (TPSA) is 64.4 Å². The van der Waals surface area contributed by atoms with Crippen LogP contribution in [-0.2, 0) is 4.74 Å². The molecule has 0 radical (unpaired) electrons. The van der Waals surface area contributed by atoms with E-state index in [2.05, 4.69) is 22.0 Å². The molecule has 0 saturated carbocycles. The molecule has 2 heterocycles. The summed E-state index contributed by atoms with van der Waals surface area (Å²) in [4.78, 5) is 17.1. The molecule has 0 aliphatic heterocycles. The third kappa shape index (κ3) is 3.51. The molecule has 0 aromatic carbocycles. The second kappa shape index (κ2) is 6.41. The summed E-state index contributed by atoms with van der Waals surface area (Å²) in [6.45, 7) is 8.12. The number of thiazole rings is 1. The lowest BCUT2D eigenvalue weighted by atomic mass is 10.2. The predicted octanol–water partition coefficient (Wildman–Crippen LogP) is 3.55. The molecule has 2 rings (SSSR count). The molecule has 6 heteroatoms. The number of hydrogen-bond acceptors (Lipinski definition) is 6. The summed E-state index contributed by atoms with van der Waals surface area (Å²) in [6, 6.07) is 3.58. The molecule has 1 N–H and O–H groups in total. The molecule has 0 saturated heterocycles. The van der Waals surface area contributed by atoms with Gasteiger partial charge < -0.3 is 14.5 Å². The van der Waals surface area contributed by atoms with E-state index in [9.17, 15) is 4.79 Å². The molecule has 114 valence electrons. The molecule has 0 bridgehead atoms.